The summed E-state index contributed by atoms with van der Waals surface area (Å²) in [4.78, 5) is 23.0. The van der Waals surface area contributed by atoms with Gasteiger partial charge in [-0.05, 0) is 43.9 Å². The predicted octanol–water partition coefficient (Wildman–Crippen LogP) is 4.60. The number of ether oxygens (including phenoxy) is 1. The van der Waals surface area contributed by atoms with Gasteiger partial charge in [0.15, 0.2) is 0 Å². The number of hydrogen-bond donors (Lipinski definition) is 2. The maximum atomic E-state index is 12.5. The first-order valence-electron chi connectivity index (χ1n) is 10.9. The number of aliphatic hydroxyl groups is 1. The molecule has 0 aromatic rings. The van der Waals surface area contributed by atoms with Gasteiger partial charge in [-0.2, -0.15) is 0 Å². The van der Waals surface area contributed by atoms with Crippen molar-refractivity contribution in [2.24, 2.45) is 17.8 Å². The zero-order valence-corrected chi connectivity index (χ0v) is 17.3. The largest absolute Gasteiger partial charge is 0.481 e. The zero-order valence-electron chi connectivity index (χ0n) is 17.3. The fourth-order valence-corrected chi connectivity index (χ4v) is 4.45. The van der Waals surface area contributed by atoms with E-state index >= 15 is 0 Å². The van der Waals surface area contributed by atoms with Crippen LogP contribution in [0.4, 0.5) is 0 Å². The Morgan fingerprint density at radius 2 is 1.85 bits per heavy atom. The van der Waals surface area contributed by atoms with Crippen LogP contribution in [0.25, 0.3) is 0 Å². The van der Waals surface area contributed by atoms with E-state index in [-0.39, 0.29) is 31.0 Å². The van der Waals surface area contributed by atoms with Gasteiger partial charge in [0.2, 0.25) is 0 Å². The van der Waals surface area contributed by atoms with Gasteiger partial charge in [-0.3, -0.25) is 9.59 Å². The molecule has 1 aliphatic carbocycles. The number of carbonyl (C=O) groups excluding carboxylic acids is 1. The van der Waals surface area contributed by atoms with E-state index in [1.165, 1.54) is 19.3 Å². The summed E-state index contributed by atoms with van der Waals surface area (Å²) in [7, 11) is 1.70. The molecule has 0 radical (unpaired) electrons. The van der Waals surface area contributed by atoms with E-state index in [0.717, 1.165) is 44.9 Å². The third-order valence-electron chi connectivity index (χ3n) is 6.15. The summed E-state index contributed by atoms with van der Waals surface area (Å²) in [6, 6.07) is 0. The Balaban J connectivity index is 2.44. The summed E-state index contributed by atoms with van der Waals surface area (Å²) in [5.74, 6) is 0.262. The van der Waals surface area contributed by atoms with Crippen LogP contribution in [-0.4, -0.2) is 41.8 Å². The van der Waals surface area contributed by atoms with Crippen LogP contribution in [0.3, 0.4) is 0 Å². The van der Waals surface area contributed by atoms with Gasteiger partial charge in [0.1, 0.15) is 5.78 Å². The normalized spacial score (nSPS) is 23.7. The number of carboxylic acids is 1. The molecule has 0 aromatic heterocycles. The number of carbonyl (C=O) groups is 2. The molecule has 1 unspecified atom stereocenters. The van der Waals surface area contributed by atoms with Crippen molar-refractivity contribution < 1.29 is 24.5 Å². The summed E-state index contributed by atoms with van der Waals surface area (Å²) in [6.07, 6.45) is 11.8. The lowest BCUT2D eigenvalue weighted by molar-refractivity contribution is -0.137. The maximum absolute atomic E-state index is 12.5. The summed E-state index contributed by atoms with van der Waals surface area (Å²) in [5.41, 5.74) is 0. The van der Waals surface area contributed by atoms with E-state index in [1.54, 1.807) is 7.11 Å². The molecule has 0 spiro atoms. The zero-order chi connectivity index (χ0) is 20.1. The number of hydrogen-bond acceptors (Lipinski definition) is 4. The van der Waals surface area contributed by atoms with Crippen LogP contribution in [0.2, 0.25) is 0 Å². The van der Waals surface area contributed by atoms with Crippen molar-refractivity contribution in [3.05, 3.63) is 0 Å². The summed E-state index contributed by atoms with van der Waals surface area (Å²) >= 11 is 0. The van der Waals surface area contributed by atoms with E-state index in [2.05, 4.69) is 6.92 Å². The van der Waals surface area contributed by atoms with Crippen molar-refractivity contribution in [3.8, 4) is 0 Å². The Bertz CT molecular complexity index is 423. The first-order chi connectivity index (χ1) is 13.0. The molecule has 1 rings (SSSR count). The summed E-state index contributed by atoms with van der Waals surface area (Å²) < 4.78 is 5.61. The van der Waals surface area contributed by atoms with Crippen LogP contribution in [0, 0.1) is 17.8 Å². The first kappa shape index (κ1) is 24.1. The molecule has 1 aliphatic rings. The number of unbranched alkanes of at least 4 members (excludes halogenated alkanes) is 5. The molecule has 0 aromatic carbocycles. The second-order valence-electron chi connectivity index (χ2n) is 8.18. The minimum Gasteiger partial charge on any atom is -0.481 e. The van der Waals surface area contributed by atoms with E-state index in [0.29, 0.717) is 24.5 Å². The molecule has 5 heteroatoms. The number of ketones is 1. The van der Waals surface area contributed by atoms with Gasteiger partial charge in [-0.1, -0.05) is 45.4 Å². The highest BCUT2D eigenvalue weighted by molar-refractivity contribution is 5.84. The van der Waals surface area contributed by atoms with Crippen molar-refractivity contribution in [3.63, 3.8) is 0 Å². The number of Topliss-reactive ketones (excluding diaryl/α,β-unsaturated/α-hetero) is 1. The number of aliphatic carboxylic acids is 1. The Morgan fingerprint density at radius 1 is 1.11 bits per heavy atom. The molecular formula is C22H40O5. The second kappa shape index (κ2) is 14.1. The highest BCUT2D eigenvalue weighted by Crippen LogP contribution is 2.38. The molecule has 5 nitrogen and oxygen atoms in total. The van der Waals surface area contributed by atoms with Crippen LogP contribution in [0.15, 0.2) is 0 Å². The first-order valence-corrected chi connectivity index (χ1v) is 10.9. The van der Waals surface area contributed by atoms with E-state index in [9.17, 15) is 14.7 Å². The fourth-order valence-electron chi connectivity index (χ4n) is 4.45. The van der Waals surface area contributed by atoms with Gasteiger partial charge < -0.3 is 14.9 Å². The molecular weight excluding hydrogens is 344 g/mol. The lowest BCUT2D eigenvalue weighted by Gasteiger charge is -2.25. The Hall–Kier alpha value is -0.940. The van der Waals surface area contributed by atoms with E-state index in [1.807, 2.05) is 0 Å². The molecule has 4 atom stereocenters. The van der Waals surface area contributed by atoms with Crippen molar-refractivity contribution in [1.29, 1.82) is 0 Å². The van der Waals surface area contributed by atoms with Crippen LogP contribution in [0.5, 0.6) is 0 Å². The Morgan fingerprint density at radius 3 is 2.48 bits per heavy atom. The predicted molar refractivity (Wildman–Crippen MR) is 107 cm³/mol. The molecule has 27 heavy (non-hydrogen) atoms. The number of rotatable bonds is 16. The molecule has 0 amide bonds. The molecule has 158 valence electrons. The van der Waals surface area contributed by atoms with Crippen molar-refractivity contribution in [2.75, 3.05) is 13.7 Å². The fraction of sp³-hybridized carbons (Fsp3) is 0.909. The van der Waals surface area contributed by atoms with Gasteiger partial charge in [0.25, 0.3) is 0 Å². The molecule has 0 heterocycles. The molecule has 1 fully saturated rings. The molecule has 0 saturated heterocycles. The Kier molecular flexibility index (Phi) is 12.6. The van der Waals surface area contributed by atoms with Gasteiger partial charge >= 0.3 is 5.97 Å². The average molecular weight is 385 g/mol. The van der Waals surface area contributed by atoms with Gasteiger partial charge in [0, 0.05) is 32.5 Å². The Labute approximate surface area is 164 Å². The average Bonchev–Trinajstić information content (AvgIpc) is 2.95. The summed E-state index contributed by atoms with van der Waals surface area (Å²) in [6.45, 7) is 2.42. The van der Waals surface area contributed by atoms with E-state index < -0.39 is 5.97 Å². The number of aliphatic hydroxyl groups excluding tert-OH is 1. The third kappa shape index (κ3) is 9.20. The second-order valence-corrected chi connectivity index (χ2v) is 8.18. The van der Waals surface area contributed by atoms with Gasteiger partial charge in [-0.25, -0.2) is 0 Å². The van der Waals surface area contributed by atoms with Gasteiger partial charge in [0.05, 0.1) is 6.10 Å². The molecule has 1 saturated carbocycles. The van der Waals surface area contributed by atoms with Crippen LogP contribution < -0.4 is 0 Å². The van der Waals surface area contributed by atoms with Crippen LogP contribution >= 0.6 is 0 Å². The number of carboxylic acid groups (broad SMARTS) is 1. The highest BCUT2D eigenvalue weighted by Gasteiger charge is 2.41. The minimum absolute atomic E-state index is 0.0181. The minimum atomic E-state index is -0.735. The monoisotopic (exact) mass is 384 g/mol. The topological polar surface area (TPSA) is 83.8 Å². The van der Waals surface area contributed by atoms with Crippen LogP contribution in [-0.2, 0) is 14.3 Å². The van der Waals surface area contributed by atoms with Crippen molar-refractivity contribution in [2.45, 2.75) is 96.5 Å². The molecule has 0 bridgehead atoms. The highest BCUT2D eigenvalue weighted by atomic mass is 16.5. The summed E-state index contributed by atoms with van der Waals surface area (Å²) in [5, 5.41) is 18.3. The lowest BCUT2D eigenvalue weighted by atomic mass is 9.83. The lowest BCUT2D eigenvalue weighted by Crippen LogP contribution is -2.23. The standard InChI is InChI=1S/C22H40O5/c1-3-4-7-10-17(16-23)13-14-19-18(20(24)15-21(19)27-2)11-8-5-6-9-12-22(25)26/h17-19,21,23H,3-16H2,1-2H3,(H,25,26)/t17?,18-,19-,21-/m1/s1. The number of methoxy groups -OCH3 is 1. The molecule has 0 aliphatic heterocycles. The SMILES string of the molecule is CCCCCC(CO)CC[C@H]1[C@H](OC)CC(=O)[C@@H]1CCCCCCC(=O)O. The van der Waals surface area contributed by atoms with Gasteiger partial charge in [-0.15, -0.1) is 0 Å². The third-order valence-corrected chi connectivity index (χ3v) is 6.15. The quantitative estimate of drug-likeness (QED) is 0.380. The smallest absolute Gasteiger partial charge is 0.303 e. The van der Waals surface area contributed by atoms with E-state index in [4.69, 9.17) is 9.84 Å². The van der Waals surface area contributed by atoms with Crippen molar-refractivity contribution in [1.82, 2.24) is 0 Å². The van der Waals surface area contributed by atoms with Crippen molar-refractivity contribution >= 4 is 11.8 Å². The van der Waals surface area contributed by atoms with Crippen LogP contribution in [0.1, 0.15) is 90.4 Å². The maximum Gasteiger partial charge on any atom is 0.303 e. The molecule has 2 N–H and O–H groups in total.